The Kier molecular flexibility index (Phi) is 3.80. The number of carboxylic acid groups (broad SMARTS) is 2. The summed E-state index contributed by atoms with van der Waals surface area (Å²) in [6.45, 7) is 0. The first-order chi connectivity index (χ1) is 6.57. The van der Waals surface area contributed by atoms with Crippen LogP contribution in [0.2, 0.25) is 0 Å². The molecule has 80 valence electrons. The molecule has 0 radical (unpaired) electrons. The number of hydrogen-bond acceptors (Lipinski definition) is 3. The molecule has 0 bridgehead atoms. The van der Waals surface area contributed by atoms with Crippen LogP contribution >= 0.6 is 11.8 Å². The zero-order valence-electron chi connectivity index (χ0n) is 7.86. The van der Waals surface area contributed by atoms with E-state index in [0.29, 0.717) is 12.8 Å². The average molecular weight is 218 g/mol. The van der Waals surface area contributed by atoms with E-state index in [1.165, 1.54) is 0 Å². The van der Waals surface area contributed by atoms with Crippen molar-refractivity contribution in [3.05, 3.63) is 0 Å². The van der Waals surface area contributed by atoms with Gasteiger partial charge in [0.25, 0.3) is 0 Å². The first kappa shape index (κ1) is 11.4. The first-order valence-electron chi connectivity index (χ1n) is 4.60. The second-order valence-electron chi connectivity index (χ2n) is 3.62. The minimum Gasteiger partial charge on any atom is -0.481 e. The minimum atomic E-state index is -1.02. The van der Waals surface area contributed by atoms with Gasteiger partial charge in [-0.25, -0.2) is 0 Å². The van der Waals surface area contributed by atoms with Crippen molar-refractivity contribution in [1.82, 2.24) is 0 Å². The summed E-state index contributed by atoms with van der Waals surface area (Å²) in [6.07, 6.45) is 1.51. The maximum atomic E-state index is 11.1. The molecule has 1 aliphatic heterocycles. The molecule has 0 amide bonds. The van der Waals surface area contributed by atoms with Crippen LogP contribution in [0.15, 0.2) is 0 Å². The Morgan fingerprint density at radius 2 is 1.93 bits per heavy atom. The van der Waals surface area contributed by atoms with E-state index in [9.17, 15) is 9.59 Å². The molecule has 1 fully saturated rings. The molecular formula is C9H14O4S. The monoisotopic (exact) mass is 218 g/mol. The molecular weight excluding hydrogens is 204 g/mol. The third kappa shape index (κ3) is 2.64. The van der Waals surface area contributed by atoms with Crippen molar-refractivity contribution in [3.8, 4) is 0 Å². The third-order valence-electron chi connectivity index (χ3n) is 2.61. The van der Waals surface area contributed by atoms with Crippen LogP contribution in [0.5, 0.6) is 0 Å². The van der Waals surface area contributed by atoms with Gasteiger partial charge in [-0.05, 0) is 30.8 Å². The molecule has 5 heteroatoms. The Balaban J connectivity index is 2.77. The van der Waals surface area contributed by atoms with Crippen LogP contribution in [-0.2, 0) is 9.59 Å². The Bertz CT molecular complexity index is 231. The number of carbonyl (C=O) groups is 2. The number of thioether (sulfide) groups is 1. The lowest BCUT2D eigenvalue weighted by Crippen LogP contribution is -2.33. The lowest BCUT2D eigenvalue weighted by atomic mass is 9.78. The number of aliphatic carboxylic acids is 2. The van der Waals surface area contributed by atoms with Gasteiger partial charge in [0.2, 0.25) is 0 Å². The molecule has 0 aromatic heterocycles. The number of carboxylic acids is 2. The van der Waals surface area contributed by atoms with Crippen LogP contribution in [0.1, 0.15) is 25.7 Å². The van der Waals surface area contributed by atoms with Crippen LogP contribution < -0.4 is 0 Å². The molecule has 0 aromatic carbocycles. The molecule has 14 heavy (non-hydrogen) atoms. The van der Waals surface area contributed by atoms with E-state index in [2.05, 4.69) is 0 Å². The van der Waals surface area contributed by atoms with Gasteiger partial charge in [0.15, 0.2) is 0 Å². The molecule has 1 atom stereocenters. The molecule has 0 saturated carbocycles. The Hall–Kier alpha value is -0.710. The molecule has 0 aliphatic carbocycles. The van der Waals surface area contributed by atoms with Crippen LogP contribution in [0.3, 0.4) is 0 Å². The molecule has 4 nitrogen and oxygen atoms in total. The highest BCUT2D eigenvalue weighted by Gasteiger charge is 2.40. The van der Waals surface area contributed by atoms with E-state index >= 15 is 0 Å². The summed E-state index contributed by atoms with van der Waals surface area (Å²) in [4.78, 5) is 21.7. The van der Waals surface area contributed by atoms with Crippen molar-refractivity contribution in [2.24, 2.45) is 5.41 Å². The summed E-state index contributed by atoms with van der Waals surface area (Å²) in [5.41, 5.74) is -1.02. The molecule has 0 spiro atoms. The van der Waals surface area contributed by atoms with E-state index in [0.717, 1.165) is 17.9 Å². The van der Waals surface area contributed by atoms with Crippen LogP contribution in [0.25, 0.3) is 0 Å². The molecule has 0 aromatic rings. The fraction of sp³-hybridized carbons (Fsp3) is 0.778. The van der Waals surface area contributed by atoms with Gasteiger partial charge >= 0.3 is 11.9 Å². The average Bonchev–Trinajstić information content (AvgIpc) is 2.29. The standard InChI is InChI=1S/C9H14O4S/c10-7(11)6-9(8(12)13)2-1-4-14-5-3-9/h1-6H2,(H,10,11)(H,12,13). The second-order valence-corrected chi connectivity index (χ2v) is 4.85. The van der Waals surface area contributed by atoms with Gasteiger partial charge in [-0.3, -0.25) is 9.59 Å². The van der Waals surface area contributed by atoms with Gasteiger partial charge in [-0.1, -0.05) is 0 Å². The quantitative estimate of drug-likeness (QED) is 0.750. The summed E-state index contributed by atoms with van der Waals surface area (Å²) in [5.74, 6) is -0.282. The topological polar surface area (TPSA) is 74.6 Å². The van der Waals surface area contributed by atoms with Gasteiger partial charge in [0, 0.05) is 0 Å². The third-order valence-corrected chi connectivity index (χ3v) is 3.68. The predicted octanol–water partition coefficient (Wildman–Crippen LogP) is 1.45. The van der Waals surface area contributed by atoms with E-state index < -0.39 is 17.4 Å². The summed E-state index contributed by atoms with van der Waals surface area (Å²) < 4.78 is 0. The van der Waals surface area contributed by atoms with Crippen molar-refractivity contribution in [3.63, 3.8) is 0 Å². The highest BCUT2D eigenvalue weighted by atomic mass is 32.2. The Morgan fingerprint density at radius 1 is 1.21 bits per heavy atom. The Morgan fingerprint density at radius 3 is 2.50 bits per heavy atom. The first-order valence-corrected chi connectivity index (χ1v) is 5.75. The van der Waals surface area contributed by atoms with Crippen molar-refractivity contribution < 1.29 is 19.8 Å². The molecule has 1 rings (SSSR count). The fourth-order valence-electron chi connectivity index (χ4n) is 1.76. The lowest BCUT2D eigenvalue weighted by molar-refractivity contribution is -0.156. The minimum absolute atomic E-state index is 0.247. The molecule has 1 heterocycles. The predicted molar refractivity (Wildman–Crippen MR) is 53.5 cm³/mol. The van der Waals surface area contributed by atoms with Gasteiger partial charge in [0.1, 0.15) is 0 Å². The van der Waals surface area contributed by atoms with E-state index in [1.54, 1.807) is 11.8 Å². The maximum Gasteiger partial charge on any atom is 0.310 e. The zero-order chi connectivity index (χ0) is 10.6. The highest BCUT2D eigenvalue weighted by Crippen LogP contribution is 2.37. The van der Waals surface area contributed by atoms with Gasteiger partial charge in [-0.2, -0.15) is 11.8 Å². The van der Waals surface area contributed by atoms with E-state index in [1.807, 2.05) is 0 Å². The smallest absolute Gasteiger partial charge is 0.310 e. The second kappa shape index (κ2) is 4.68. The fourth-order valence-corrected chi connectivity index (χ4v) is 2.85. The van der Waals surface area contributed by atoms with Gasteiger partial charge < -0.3 is 10.2 Å². The van der Waals surface area contributed by atoms with E-state index in [-0.39, 0.29) is 6.42 Å². The van der Waals surface area contributed by atoms with Crippen molar-refractivity contribution >= 4 is 23.7 Å². The van der Waals surface area contributed by atoms with Gasteiger partial charge in [-0.15, -0.1) is 0 Å². The lowest BCUT2D eigenvalue weighted by Gasteiger charge is -2.25. The summed E-state index contributed by atoms with van der Waals surface area (Å²) >= 11 is 1.71. The van der Waals surface area contributed by atoms with Crippen LogP contribution in [0.4, 0.5) is 0 Å². The number of rotatable bonds is 3. The molecule has 2 N–H and O–H groups in total. The summed E-state index contributed by atoms with van der Waals surface area (Å²) in [6, 6.07) is 0. The molecule has 1 saturated heterocycles. The summed E-state index contributed by atoms with van der Waals surface area (Å²) in [5, 5.41) is 17.8. The van der Waals surface area contributed by atoms with Crippen molar-refractivity contribution in [2.45, 2.75) is 25.7 Å². The highest BCUT2D eigenvalue weighted by molar-refractivity contribution is 7.99. The van der Waals surface area contributed by atoms with Gasteiger partial charge in [0.05, 0.1) is 11.8 Å². The largest absolute Gasteiger partial charge is 0.481 e. The van der Waals surface area contributed by atoms with Crippen LogP contribution in [-0.4, -0.2) is 33.7 Å². The Labute approximate surface area is 86.7 Å². The SMILES string of the molecule is O=C(O)CC1(C(=O)O)CCCSCC1. The molecule has 1 unspecified atom stereocenters. The van der Waals surface area contributed by atoms with Crippen molar-refractivity contribution in [2.75, 3.05) is 11.5 Å². The zero-order valence-corrected chi connectivity index (χ0v) is 8.68. The van der Waals surface area contributed by atoms with Crippen LogP contribution in [0, 0.1) is 5.41 Å². The molecule has 1 aliphatic rings. The maximum absolute atomic E-state index is 11.1. The summed E-state index contributed by atoms with van der Waals surface area (Å²) in [7, 11) is 0. The van der Waals surface area contributed by atoms with Crippen molar-refractivity contribution in [1.29, 1.82) is 0 Å². The number of hydrogen-bond donors (Lipinski definition) is 2. The normalized spacial score (nSPS) is 28.0. The van der Waals surface area contributed by atoms with E-state index in [4.69, 9.17) is 10.2 Å².